The van der Waals surface area contributed by atoms with Crippen LogP contribution in [0.5, 0.6) is 0 Å². The van der Waals surface area contributed by atoms with Crippen LogP contribution in [-0.2, 0) is 0 Å². The molecule has 0 aromatic carbocycles. The van der Waals surface area contributed by atoms with E-state index in [0.29, 0.717) is 0 Å². The predicted octanol–water partition coefficient (Wildman–Crippen LogP) is 1.44. The third-order valence-corrected chi connectivity index (χ3v) is 3.04. The Balaban J connectivity index is 1.72. The molecule has 1 saturated heterocycles. The van der Waals surface area contributed by atoms with Crippen molar-refractivity contribution in [2.45, 2.75) is 44.2 Å². The molecule has 2 unspecified atom stereocenters. The van der Waals surface area contributed by atoms with Crippen molar-refractivity contribution in [2.24, 2.45) is 0 Å². The van der Waals surface area contributed by atoms with Gasteiger partial charge in [-0.05, 0) is 38.6 Å². The molecule has 2 rings (SSSR count). The standard InChI is InChI=1S/C11H20N2/c1-2-5-10(6-3-1)13-11-7-4-8-12-9-11/h1-2,10-13H,3-9H2. The van der Waals surface area contributed by atoms with Crippen molar-refractivity contribution in [3.05, 3.63) is 12.2 Å². The highest BCUT2D eigenvalue weighted by Crippen LogP contribution is 2.13. The van der Waals surface area contributed by atoms with E-state index >= 15 is 0 Å². The van der Waals surface area contributed by atoms with E-state index in [1.54, 1.807) is 0 Å². The van der Waals surface area contributed by atoms with Crippen LogP contribution in [0.1, 0.15) is 32.1 Å². The van der Waals surface area contributed by atoms with Crippen LogP contribution in [0, 0.1) is 0 Å². The zero-order valence-corrected chi connectivity index (χ0v) is 8.26. The van der Waals surface area contributed by atoms with Gasteiger partial charge in [-0.25, -0.2) is 0 Å². The fourth-order valence-corrected chi connectivity index (χ4v) is 2.27. The Morgan fingerprint density at radius 3 is 2.85 bits per heavy atom. The van der Waals surface area contributed by atoms with Crippen molar-refractivity contribution in [3.63, 3.8) is 0 Å². The summed E-state index contributed by atoms with van der Waals surface area (Å²) in [5.74, 6) is 0. The van der Waals surface area contributed by atoms with Gasteiger partial charge in [-0.15, -0.1) is 0 Å². The fourth-order valence-electron chi connectivity index (χ4n) is 2.27. The van der Waals surface area contributed by atoms with Crippen molar-refractivity contribution in [1.82, 2.24) is 10.6 Å². The molecule has 1 heterocycles. The van der Waals surface area contributed by atoms with Crippen LogP contribution < -0.4 is 10.6 Å². The van der Waals surface area contributed by atoms with Gasteiger partial charge < -0.3 is 10.6 Å². The fraction of sp³-hybridized carbons (Fsp3) is 0.818. The summed E-state index contributed by atoms with van der Waals surface area (Å²) in [4.78, 5) is 0. The Hall–Kier alpha value is -0.340. The van der Waals surface area contributed by atoms with E-state index < -0.39 is 0 Å². The molecule has 74 valence electrons. The molecule has 1 aliphatic heterocycles. The van der Waals surface area contributed by atoms with Crippen molar-refractivity contribution in [1.29, 1.82) is 0 Å². The number of rotatable bonds is 2. The summed E-state index contributed by atoms with van der Waals surface area (Å²) in [6.45, 7) is 2.38. The second kappa shape index (κ2) is 4.77. The van der Waals surface area contributed by atoms with Crippen molar-refractivity contribution in [3.8, 4) is 0 Å². The molecule has 0 aromatic rings. The van der Waals surface area contributed by atoms with E-state index in [4.69, 9.17) is 0 Å². The quantitative estimate of drug-likeness (QED) is 0.628. The molecule has 0 saturated carbocycles. The van der Waals surface area contributed by atoms with Crippen LogP contribution in [0.4, 0.5) is 0 Å². The first-order valence-corrected chi connectivity index (χ1v) is 5.57. The number of nitrogens with one attached hydrogen (secondary N) is 2. The van der Waals surface area contributed by atoms with Gasteiger partial charge in [-0.2, -0.15) is 0 Å². The lowest BCUT2D eigenvalue weighted by Crippen LogP contribution is -2.47. The van der Waals surface area contributed by atoms with E-state index in [9.17, 15) is 0 Å². The Bertz CT molecular complexity index is 171. The molecule has 2 atom stereocenters. The smallest absolute Gasteiger partial charge is 0.0195 e. The number of hydrogen-bond acceptors (Lipinski definition) is 2. The maximum absolute atomic E-state index is 3.74. The van der Waals surface area contributed by atoms with Crippen molar-refractivity contribution < 1.29 is 0 Å². The van der Waals surface area contributed by atoms with Crippen molar-refractivity contribution in [2.75, 3.05) is 13.1 Å². The Morgan fingerprint density at radius 2 is 2.15 bits per heavy atom. The molecule has 2 heteroatoms. The molecule has 2 N–H and O–H groups in total. The normalized spacial score (nSPS) is 34.8. The lowest BCUT2D eigenvalue weighted by Gasteiger charge is -2.29. The highest BCUT2D eigenvalue weighted by molar-refractivity contribution is 4.94. The largest absolute Gasteiger partial charge is 0.315 e. The summed E-state index contributed by atoms with van der Waals surface area (Å²) >= 11 is 0. The first-order chi connectivity index (χ1) is 6.45. The maximum Gasteiger partial charge on any atom is 0.0195 e. The monoisotopic (exact) mass is 180 g/mol. The molecule has 13 heavy (non-hydrogen) atoms. The Morgan fingerprint density at radius 1 is 1.15 bits per heavy atom. The summed E-state index contributed by atoms with van der Waals surface area (Å²) in [7, 11) is 0. The number of allylic oxidation sites excluding steroid dienone is 1. The molecule has 0 aromatic heterocycles. The first kappa shape index (κ1) is 9.22. The molecule has 2 nitrogen and oxygen atoms in total. The van der Waals surface area contributed by atoms with E-state index in [0.717, 1.165) is 12.1 Å². The SMILES string of the molecule is C1=CCC(NC2CCCNC2)CC1. The summed E-state index contributed by atoms with van der Waals surface area (Å²) in [5.41, 5.74) is 0. The minimum Gasteiger partial charge on any atom is -0.315 e. The zero-order chi connectivity index (χ0) is 8.93. The van der Waals surface area contributed by atoms with Crippen LogP contribution in [0.3, 0.4) is 0 Å². The van der Waals surface area contributed by atoms with Crippen LogP contribution in [-0.4, -0.2) is 25.2 Å². The van der Waals surface area contributed by atoms with E-state index in [1.807, 2.05) is 0 Å². The summed E-state index contributed by atoms with van der Waals surface area (Å²) in [6, 6.07) is 1.47. The predicted molar refractivity (Wildman–Crippen MR) is 55.8 cm³/mol. The number of piperidine rings is 1. The van der Waals surface area contributed by atoms with Crippen LogP contribution in [0.25, 0.3) is 0 Å². The van der Waals surface area contributed by atoms with Gasteiger partial charge in [-0.3, -0.25) is 0 Å². The molecule has 0 spiro atoms. The first-order valence-electron chi connectivity index (χ1n) is 5.57. The molecule has 1 aliphatic carbocycles. The molecule has 1 fully saturated rings. The van der Waals surface area contributed by atoms with Crippen molar-refractivity contribution >= 4 is 0 Å². The van der Waals surface area contributed by atoms with Gasteiger partial charge >= 0.3 is 0 Å². The summed E-state index contributed by atoms with van der Waals surface area (Å²) in [5, 5.41) is 7.19. The highest BCUT2D eigenvalue weighted by atomic mass is 15.0. The topological polar surface area (TPSA) is 24.1 Å². The van der Waals surface area contributed by atoms with Gasteiger partial charge in [0, 0.05) is 18.6 Å². The van der Waals surface area contributed by atoms with E-state index in [2.05, 4.69) is 22.8 Å². The van der Waals surface area contributed by atoms with Gasteiger partial charge in [0.2, 0.25) is 0 Å². The molecule has 0 amide bonds. The Kier molecular flexibility index (Phi) is 3.39. The minimum absolute atomic E-state index is 0.727. The van der Waals surface area contributed by atoms with Crippen LogP contribution in [0.15, 0.2) is 12.2 Å². The van der Waals surface area contributed by atoms with Gasteiger partial charge in [0.25, 0.3) is 0 Å². The molecule has 2 aliphatic rings. The summed E-state index contributed by atoms with van der Waals surface area (Å²) in [6.07, 6.45) is 11.1. The van der Waals surface area contributed by atoms with Crippen LogP contribution in [0.2, 0.25) is 0 Å². The maximum atomic E-state index is 3.74. The number of hydrogen-bond donors (Lipinski definition) is 2. The highest BCUT2D eigenvalue weighted by Gasteiger charge is 2.17. The zero-order valence-electron chi connectivity index (χ0n) is 8.26. The molecular formula is C11H20N2. The molecule has 0 bridgehead atoms. The second-order valence-corrected chi connectivity index (χ2v) is 4.19. The average Bonchev–Trinajstić information content (AvgIpc) is 2.21. The lowest BCUT2D eigenvalue weighted by atomic mass is 9.99. The lowest BCUT2D eigenvalue weighted by molar-refractivity contribution is 0.338. The Labute approximate surface area is 80.8 Å². The third kappa shape index (κ3) is 2.82. The van der Waals surface area contributed by atoms with E-state index in [1.165, 1.54) is 45.2 Å². The molecular weight excluding hydrogens is 160 g/mol. The van der Waals surface area contributed by atoms with Gasteiger partial charge in [0.1, 0.15) is 0 Å². The molecule has 0 radical (unpaired) electrons. The van der Waals surface area contributed by atoms with Gasteiger partial charge in [0.15, 0.2) is 0 Å². The minimum atomic E-state index is 0.727. The van der Waals surface area contributed by atoms with Gasteiger partial charge in [0.05, 0.1) is 0 Å². The van der Waals surface area contributed by atoms with Gasteiger partial charge in [-0.1, -0.05) is 12.2 Å². The van der Waals surface area contributed by atoms with Crippen LogP contribution >= 0.6 is 0 Å². The average molecular weight is 180 g/mol. The van der Waals surface area contributed by atoms with E-state index in [-0.39, 0.29) is 0 Å². The third-order valence-electron chi connectivity index (χ3n) is 3.04. The second-order valence-electron chi connectivity index (χ2n) is 4.19. The summed E-state index contributed by atoms with van der Waals surface area (Å²) < 4.78 is 0.